The van der Waals surface area contributed by atoms with E-state index in [0.29, 0.717) is 35.7 Å². The molecule has 1 saturated heterocycles. The summed E-state index contributed by atoms with van der Waals surface area (Å²) >= 11 is 0. The number of nitrogens with zero attached hydrogens (tertiary/aromatic N) is 2. The minimum absolute atomic E-state index is 0.0444. The lowest BCUT2D eigenvalue weighted by molar-refractivity contribution is -0.384. The Bertz CT molecular complexity index is 1190. The molecule has 0 saturated carbocycles. The van der Waals surface area contributed by atoms with Gasteiger partial charge >= 0.3 is 0 Å². The Hall–Kier alpha value is -4.20. The predicted octanol–water partition coefficient (Wildman–Crippen LogP) is 4.64. The van der Waals surface area contributed by atoms with Crippen molar-refractivity contribution in [1.29, 1.82) is 0 Å². The third kappa shape index (κ3) is 5.35. The molecule has 8 nitrogen and oxygen atoms in total. The van der Waals surface area contributed by atoms with Gasteiger partial charge in [0, 0.05) is 42.4 Å². The quantitative estimate of drug-likeness (QED) is 0.338. The molecule has 0 bridgehead atoms. The number of likely N-dealkylation sites (tertiary alicyclic amines) is 1. The van der Waals surface area contributed by atoms with Crippen molar-refractivity contribution in [2.75, 3.05) is 13.1 Å². The molecule has 3 aromatic rings. The number of nitro benzene ring substituents is 1. The zero-order valence-corrected chi connectivity index (χ0v) is 17.9. The summed E-state index contributed by atoms with van der Waals surface area (Å²) in [7, 11) is 0. The topological polar surface area (TPSA) is 106 Å². The average molecular weight is 445 g/mol. The van der Waals surface area contributed by atoms with Crippen LogP contribution in [0, 0.1) is 10.1 Å². The Morgan fingerprint density at radius 3 is 2.45 bits per heavy atom. The van der Waals surface area contributed by atoms with Gasteiger partial charge in [0.1, 0.15) is 17.2 Å². The Balaban J connectivity index is 1.63. The third-order valence-electron chi connectivity index (χ3n) is 5.41. The number of piperidine rings is 1. The Labute approximate surface area is 190 Å². The van der Waals surface area contributed by atoms with Gasteiger partial charge in [-0.1, -0.05) is 30.3 Å². The van der Waals surface area contributed by atoms with Crippen LogP contribution in [0.4, 0.5) is 5.69 Å². The smallest absolute Gasteiger partial charge is 0.270 e. The summed E-state index contributed by atoms with van der Waals surface area (Å²) in [5.41, 5.74) is 1.05. The van der Waals surface area contributed by atoms with E-state index < -0.39 is 10.8 Å². The number of carbonyl (C=O) groups is 2. The molecule has 8 heteroatoms. The van der Waals surface area contributed by atoms with Crippen molar-refractivity contribution in [3.63, 3.8) is 0 Å². The van der Waals surface area contributed by atoms with Crippen LogP contribution < -0.4 is 5.32 Å². The first kappa shape index (κ1) is 22.0. The van der Waals surface area contributed by atoms with Crippen LogP contribution >= 0.6 is 0 Å². The van der Waals surface area contributed by atoms with Crippen molar-refractivity contribution in [1.82, 2.24) is 10.2 Å². The van der Waals surface area contributed by atoms with E-state index in [9.17, 15) is 19.7 Å². The van der Waals surface area contributed by atoms with E-state index in [4.69, 9.17) is 4.42 Å². The van der Waals surface area contributed by atoms with Gasteiger partial charge < -0.3 is 14.6 Å². The Morgan fingerprint density at radius 2 is 1.73 bits per heavy atom. The first-order valence-corrected chi connectivity index (χ1v) is 10.7. The van der Waals surface area contributed by atoms with Crippen LogP contribution in [0.1, 0.15) is 35.4 Å². The lowest BCUT2D eigenvalue weighted by Crippen LogP contribution is -2.41. The van der Waals surface area contributed by atoms with Gasteiger partial charge in [0.15, 0.2) is 0 Å². The van der Waals surface area contributed by atoms with Crippen LogP contribution in [-0.2, 0) is 4.79 Å². The monoisotopic (exact) mass is 445 g/mol. The van der Waals surface area contributed by atoms with Gasteiger partial charge in [-0.2, -0.15) is 0 Å². The van der Waals surface area contributed by atoms with Gasteiger partial charge in [-0.05, 0) is 43.5 Å². The number of rotatable bonds is 6. The van der Waals surface area contributed by atoms with E-state index in [0.717, 1.165) is 19.3 Å². The highest BCUT2D eigenvalue weighted by Crippen LogP contribution is 2.27. The average Bonchev–Trinajstić information content (AvgIpc) is 3.33. The number of benzene rings is 2. The number of furan rings is 1. The van der Waals surface area contributed by atoms with Crippen LogP contribution in [0.2, 0.25) is 0 Å². The molecule has 2 heterocycles. The SMILES string of the molecule is O=C(NC(=Cc1ccc(-c2cccc([N+](=O)[O-])c2)o1)C(=O)N1CCCCC1)c1ccccc1. The molecule has 0 atom stereocenters. The number of nitro groups is 1. The summed E-state index contributed by atoms with van der Waals surface area (Å²) in [6.45, 7) is 1.27. The molecule has 1 aliphatic heterocycles. The number of hydrogen-bond donors (Lipinski definition) is 1. The Kier molecular flexibility index (Phi) is 6.64. The van der Waals surface area contributed by atoms with Crippen molar-refractivity contribution >= 4 is 23.6 Å². The second kappa shape index (κ2) is 9.95. The molecule has 2 aromatic carbocycles. The zero-order valence-electron chi connectivity index (χ0n) is 17.9. The van der Waals surface area contributed by atoms with E-state index in [1.165, 1.54) is 18.2 Å². The molecule has 4 rings (SSSR count). The largest absolute Gasteiger partial charge is 0.457 e. The van der Waals surface area contributed by atoms with Crippen LogP contribution in [0.15, 0.2) is 76.8 Å². The van der Waals surface area contributed by atoms with E-state index in [-0.39, 0.29) is 17.3 Å². The molecule has 0 radical (unpaired) electrons. The fourth-order valence-electron chi connectivity index (χ4n) is 3.70. The molecule has 1 fully saturated rings. The molecule has 0 aliphatic carbocycles. The fourth-order valence-corrected chi connectivity index (χ4v) is 3.70. The maximum atomic E-state index is 13.2. The van der Waals surface area contributed by atoms with Crippen molar-refractivity contribution in [3.8, 4) is 11.3 Å². The van der Waals surface area contributed by atoms with Gasteiger partial charge in [0.05, 0.1) is 4.92 Å². The summed E-state index contributed by atoms with van der Waals surface area (Å²) in [5, 5.41) is 13.8. The normalized spacial score (nSPS) is 14.1. The number of nitrogens with one attached hydrogen (secondary N) is 1. The van der Waals surface area contributed by atoms with Crippen LogP contribution in [0.3, 0.4) is 0 Å². The first-order chi connectivity index (χ1) is 16.0. The van der Waals surface area contributed by atoms with Crippen LogP contribution in [0.5, 0.6) is 0 Å². The van der Waals surface area contributed by atoms with E-state index in [1.807, 2.05) is 6.07 Å². The fraction of sp³-hybridized carbons (Fsp3) is 0.200. The van der Waals surface area contributed by atoms with E-state index in [2.05, 4.69) is 5.32 Å². The van der Waals surface area contributed by atoms with Crippen molar-refractivity contribution in [3.05, 3.63) is 93.9 Å². The van der Waals surface area contributed by atoms with Gasteiger partial charge in [0.2, 0.25) is 0 Å². The lowest BCUT2D eigenvalue weighted by atomic mass is 10.1. The highest BCUT2D eigenvalue weighted by Gasteiger charge is 2.23. The number of amides is 2. The standard InChI is InChI=1S/C25H23N3O5/c29-24(18-8-3-1-4-9-18)26-22(25(30)27-14-5-2-6-15-27)17-21-12-13-23(33-21)19-10-7-11-20(16-19)28(31)32/h1,3-4,7-13,16-17H,2,5-6,14-15H2,(H,26,29). The van der Waals surface area contributed by atoms with Crippen molar-refractivity contribution in [2.45, 2.75) is 19.3 Å². The second-order valence-corrected chi connectivity index (χ2v) is 7.74. The minimum atomic E-state index is -0.470. The highest BCUT2D eigenvalue weighted by atomic mass is 16.6. The first-order valence-electron chi connectivity index (χ1n) is 10.7. The van der Waals surface area contributed by atoms with Gasteiger partial charge in [-0.3, -0.25) is 19.7 Å². The summed E-state index contributed by atoms with van der Waals surface area (Å²) in [4.78, 5) is 38.3. The molecule has 1 aliphatic rings. The molecule has 2 amide bonds. The lowest BCUT2D eigenvalue weighted by Gasteiger charge is -2.27. The molecule has 0 spiro atoms. The van der Waals surface area contributed by atoms with E-state index >= 15 is 0 Å². The summed E-state index contributed by atoms with van der Waals surface area (Å²) in [6, 6.07) is 18.1. The van der Waals surface area contributed by atoms with Gasteiger partial charge in [-0.25, -0.2) is 0 Å². The summed E-state index contributed by atoms with van der Waals surface area (Å²) in [5.74, 6) is 0.110. The van der Waals surface area contributed by atoms with E-state index in [1.54, 1.807) is 53.4 Å². The molecular weight excluding hydrogens is 422 g/mol. The molecule has 33 heavy (non-hydrogen) atoms. The minimum Gasteiger partial charge on any atom is -0.457 e. The third-order valence-corrected chi connectivity index (χ3v) is 5.41. The summed E-state index contributed by atoms with van der Waals surface area (Å²) in [6.07, 6.45) is 4.41. The Morgan fingerprint density at radius 1 is 0.970 bits per heavy atom. The predicted molar refractivity (Wildman–Crippen MR) is 123 cm³/mol. The zero-order chi connectivity index (χ0) is 23.2. The molecule has 0 unspecified atom stereocenters. The van der Waals surface area contributed by atoms with Crippen molar-refractivity contribution in [2.24, 2.45) is 0 Å². The van der Waals surface area contributed by atoms with Crippen LogP contribution in [0.25, 0.3) is 17.4 Å². The molecule has 1 N–H and O–H groups in total. The van der Waals surface area contributed by atoms with Crippen LogP contribution in [-0.4, -0.2) is 34.7 Å². The molecular formula is C25H23N3O5. The maximum absolute atomic E-state index is 13.2. The molecule has 168 valence electrons. The highest BCUT2D eigenvalue weighted by molar-refractivity contribution is 6.05. The number of carbonyl (C=O) groups excluding carboxylic acids is 2. The van der Waals surface area contributed by atoms with Gasteiger partial charge in [-0.15, -0.1) is 0 Å². The summed E-state index contributed by atoms with van der Waals surface area (Å²) < 4.78 is 5.84. The molecule has 1 aromatic heterocycles. The van der Waals surface area contributed by atoms with Gasteiger partial charge in [0.25, 0.3) is 17.5 Å². The maximum Gasteiger partial charge on any atom is 0.270 e. The number of hydrogen-bond acceptors (Lipinski definition) is 5. The van der Waals surface area contributed by atoms with Crippen molar-refractivity contribution < 1.29 is 18.9 Å². The second-order valence-electron chi connectivity index (χ2n) is 7.74. The number of non-ortho nitro benzene ring substituents is 1.